The second kappa shape index (κ2) is 9.27. The Bertz CT molecular complexity index is 1920. The Morgan fingerprint density at radius 1 is 0.395 bits per heavy atom. The number of aryl methyl sites for hydroxylation is 3. The smallest absolute Gasteiger partial charge is 0.0375 e. The average Bonchev–Trinajstić information content (AvgIpc) is 3.65. The van der Waals surface area contributed by atoms with Gasteiger partial charge in [-0.3, -0.25) is 15.0 Å². The van der Waals surface area contributed by atoms with Crippen LogP contribution in [-0.2, 0) is 19.3 Å². The van der Waals surface area contributed by atoms with Crippen molar-refractivity contribution in [3.8, 4) is 33.4 Å². The number of rotatable bonds is 3. The summed E-state index contributed by atoms with van der Waals surface area (Å²) in [5, 5.41) is 4.23. The van der Waals surface area contributed by atoms with E-state index in [2.05, 4.69) is 127 Å². The molecule has 0 unspecified atom stereocenters. The Kier molecular flexibility index (Phi) is 5.40. The van der Waals surface area contributed by atoms with E-state index in [9.17, 15) is 0 Å². The molecule has 0 aliphatic heterocycles. The highest BCUT2D eigenvalue weighted by Gasteiger charge is 2.27. The SMILES string of the molecule is Cc1cc2c(cn1)-c1ccc(P(c3ccc4c(c3)Cc3cc(C)ncc3-4)c3ccc4c(c3)Cc3cc(C)ncc3-4)cc1C2. The van der Waals surface area contributed by atoms with Crippen LogP contribution in [0, 0.1) is 20.8 Å². The molecular formula is C39H30N3P. The molecule has 0 saturated heterocycles. The summed E-state index contributed by atoms with van der Waals surface area (Å²) in [5.74, 6) is 0. The zero-order valence-corrected chi connectivity index (χ0v) is 25.5. The minimum absolute atomic E-state index is 0.759. The van der Waals surface area contributed by atoms with E-state index in [4.69, 9.17) is 0 Å². The van der Waals surface area contributed by atoms with Crippen molar-refractivity contribution in [2.24, 2.45) is 0 Å². The quantitative estimate of drug-likeness (QED) is 0.210. The van der Waals surface area contributed by atoms with Crippen molar-refractivity contribution in [1.29, 1.82) is 0 Å². The van der Waals surface area contributed by atoms with E-state index < -0.39 is 7.92 Å². The summed E-state index contributed by atoms with van der Waals surface area (Å²) < 4.78 is 0. The van der Waals surface area contributed by atoms with Crippen LogP contribution < -0.4 is 15.9 Å². The first-order chi connectivity index (χ1) is 21.0. The Morgan fingerprint density at radius 3 is 1.02 bits per heavy atom. The van der Waals surface area contributed by atoms with Crippen LogP contribution in [0.25, 0.3) is 33.4 Å². The number of fused-ring (bicyclic) bond motifs is 9. The molecule has 9 rings (SSSR count). The molecule has 0 radical (unpaired) electrons. The topological polar surface area (TPSA) is 38.7 Å². The fourth-order valence-corrected chi connectivity index (χ4v) is 9.88. The molecule has 0 spiro atoms. The van der Waals surface area contributed by atoms with Gasteiger partial charge in [0.15, 0.2) is 0 Å². The van der Waals surface area contributed by atoms with Gasteiger partial charge in [0.2, 0.25) is 0 Å². The first kappa shape index (κ1) is 25.1. The van der Waals surface area contributed by atoms with Crippen LogP contribution in [-0.4, -0.2) is 15.0 Å². The first-order valence-electron chi connectivity index (χ1n) is 15.0. The molecule has 3 aromatic heterocycles. The third-order valence-electron chi connectivity index (χ3n) is 9.43. The van der Waals surface area contributed by atoms with Gasteiger partial charge < -0.3 is 0 Å². The largest absolute Gasteiger partial charge is 0.261 e. The molecule has 3 aliphatic carbocycles. The summed E-state index contributed by atoms with van der Waals surface area (Å²) in [5.41, 5.74) is 19.5. The maximum atomic E-state index is 4.61. The van der Waals surface area contributed by atoms with Crippen LogP contribution in [0.3, 0.4) is 0 Å². The third kappa shape index (κ3) is 3.95. The molecule has 0 bridgehead atoms. The van der Waals surface area contributed by atoms with Crippen molar-refractivity contribution in [1.82, 2.24) is 15.0 Å². The van der Waals surface area contributed by atoms with E-state index >= 15 is 0 Å². The minimum Gasteiger partial charge on any atom is -0.261 e. The molecule has 3 aromatic carbocycles. The van der Waals surface area contributed by atoms with E-state index in [0.29, 0.717) is 0 Å². The predicted octanol–water partition coefficient (Wildman–Crippen LogP) is 7.27. The summed E-state index contributed by atoms with van der Waals surface area (Å²) in [6.45, 7) is 6.25. The second-order valence-electron chi connectivity index (χ2n) is 12.3. The monoisotopic (exact) mass is 571 g/mol. The second-order valence-corrected chi connectivity index (χ2v) is 14.6. The number of hydrogen-bond acceptors (Lipinski definition) is 3. The lowest BCUT2D eigenvalue weighted by atomic mass is 10.1. The van der Waals surface area contributed by atoms with Crippen LogP contribution in [0.5, 0.6) is 0 Å². The molecule has 206 valence electrons. The van der Waals surface area contributed by atoms with Crippen LogP contribution in [0.15, 0.2) is 91.4 Å². The number of pyridine rings is 3. The average molecular weight is 572 g/mol. The Labute approximate surface area is 253 Å². The Morgan fingerprint density at radius 2 is 0.698 bits per heavy atom. The van der Waals surface area contributed by atoms with Gasteiger partial charge in [-0.05, 0) is 150 Å². The molecule has 0 atom stereocenters. The van der Waals surface area contributed by atoms with E-state index in [1.807, 2.05) is 0 Å². The van der Waals surface area contributed by atoms with Crippen LogP contribution in [0.2, 0.25) is 0 Å². The summed E-state index contributed by atoms with van der Waals surface area (Å²) in [6, 6.07) is 28.4. The Hall–Kier alpha value is -4.46. The number of nitrogens with zero attached hydrogens (tertiary/aromatic N) is 3. The number of aromatic nitrogens is 3. The van der Waals surface area contributed by atoms with E-state index in [-0.39, 0.29) is 0 Å². The zero-order chi connectivity index (χ0) is 28.8. The molecule has 0 fully saturated rings. The molecule has 3 nitrogen and oxygen atoms in total. The highest BCUT2D eigenvalue weighted by atomic mass is 31.1. The number of benzene rings is 3. The van der Waals surface area contributed by atoms with Gasteiger partial charge in [-0.1, -0.05) is 36.4 Å². The van der Waals surface area contributed by atoms with Crippen molar-refractivity contribution < 1.29 is 0 Å². The van der Waals surface area contributed by atoms with Crippen LogP contribution >= 0.6 is 7.92 Å². The van der Waals surface area contributed by atoms with Crippen molar-refractivity contribution in [2.45, 2.75) is 40.0 Å². The molecule has 0 N–H and O–H groups in total. The highest BCUT2D eigenvalue weighted by Crippen LogP contribution is 2.44. The normalized spacial score (nSPS) is 13.4. The summed E-state index contributed by atoms with van der Waals surface area (Å²) in [4.78, 5) is 13.8. The lowest BCUT2D eigenvalue weighted by Crippen LogP contribution is -2.22. The molecule has 43 heavy (non-hydrogen) atoms. The number of hydrogen-bond donors (Lipinski definition) is 0. The van der Waals surface area contributed by atoms with E-state index in [1.54, 1.807) is 0 Å². The molecule has 0 amide bonds. The van der Waals surface area contributed by atoms with Crippen molar-refractivity contribution in [3.63, 3.8) is 0 Å². The molecule has 3 aliphatic rings. The molecular weight excluding hydrogens is 541 g/mol. The lowest BCUT2D eigenvalue weighted by molar-refractivity contribution is 1.16. The molecule has 3 heterocycles. The molecule has 6 aromatic rings. The van der Waals surface area contributed by atoms with Crippen LogP contribution in [0.1, 0.15) is 50.5 Å². The predicted molar refractivity (Wildman–Crippen MR) is 177 cm³/mol. The maximum absolute atomic E-state index is 4.61. The van der Waals surface area contributed by atoms with Crippen molar-refractivity contribution in [2.75, 3.05) is 0 Å². The van der Waals surface area contributed by atoms with Crippen LogP contribution in [0.4, 0.5) is 0 Å². The van der Waals surface area contributed by atoms with Gasteiger partial charge in [0.25, 0.3) is 0 Å². The first-order valence-corrected chi connectivity index (χ1v) is 16.4. The third-order valence-corrected chi connectivity index (χ3v) is 11.8. The van der Waals surface area contributed by atoms with Gasteiger partial charge in [-0.2, -0.15) is 0 Å². The van der Waals surface area contributed by atoms with Gasteiger partial charge in [0, 0.05) is 52.4 Å². The maximum Gasteiger partial charge on any atom is 0.0375 e. The highest BCUT2D eigenvalue weighted by molar-refractivity contribution is 7.79. The summed E-state index contributed by atoms with van der Waals surface area (Å²) >= 11 is 0. The van der Waals surface area contributed by atoms with Gasteiger partial charge in [0.05, 0.1) is 0 Å². The van der Waals surface area contributed by atoms with Gasteiger partial charge in [-0.15, -0.1) is 0 Å². The van der Waals surface area contributed by atoms with E-state index in [0.717, 1.165) is 36.3 Å². The fraction of sp³-hybridized carbons (Fsp3) is 0.154. The zero-order valence-electron chi connectivity index (χ0n) is 24.6. The van der Waals surface area contributed by atoms with Gasteiger partial charge in [0.1, 0.15) is 0 Å². The van der Waals surface area contributed by atoms with E-state index in [1.165, 1.54) is 82.7 Å². The molecule has 0 saturated carbocycles. The van der Waals surface area contributed by atoms with Crippen molar-refractivity contribution in [3.05, 3.63) is 142 Å². The van der Waals surface area contributed by atoms with Crippen molar-refractivity contribution >= 4 is 23.8 Å². The minimum atomic E-state index is -0.759. The Balaban J connectivity index is 1.17. The summed E-state index contributed by atoms with van der Waals surface area (Å²) in [7, 11) is -0.759. The standard InChI is InChI=1S/C39H30N3P/c1-22-10-25-13-28-16-31(4-7-34(28)37(25)19-40-22)43(32-5-8-35-29(17-32)14-26-11-23(2)41-20-38(26)35)33-6-9-36-30(18-33)15-27-12-24(3)42-21-39(27)36/h4-12,16-21H,13-15H2,1-3H3. The molecule has 4 heteroatoms. The van der Waals surface area contributed by atoms with Gasteiger partial charge in [-0.25, -0.2) is 0 Å². The van der Waals surface area contributed by atoms with Gasteiger partial charge >= 0.3 is 0 Å². The fourth-order valence-electron chi connectivity index (χ4n) is 7.46. The lowest BCUT2D eigenvalue weighted by Gasteiger charge is -2.22. The summed E-state index contributed by atoms with van der Waals surface area (Å²) in [6.07, 6.45) is 9.10.